The van der Waals surface area contributed by atoms with Crippen molar-refractivity contribution in [3.8, 4) is 0 Å². The summed E-state index contributed by atoms with van der Waals surface area (Å²) in [6.45, 7) is 5.08. The van der Waals surface area contributed by atoms with Gasteiger partial charge in [0.05, 0.1) is 25.4 Å². The Bertz CT molecular complexity index is 194. The average molecular weight is 156 g/mol. The summed E-state index contributed by atoms with van der Waals surface area (Å²) in [6.07, 6.45) is 0. The second-order valence-corrected chi connectivity index (χ2v) is 2.47. The van der Waals surface area contributed by atoms with Crippen molar-refractivity contribution in [2.75, 3.05) is 19.8 Å². The SMILES string of the molecule is CCOC(=O)C1=C(C)COC1. The third-order valence-corrected chi connectivity index (χ3v) is 1.60. The molecule has 0 aromatic heterocycles. The zero-order chi connectivity index (χ0) is 8.27. The zero-order valence-electron chi connectivity index (χ0n) is 6.85. The van der Waals surface area contributed by atoms with Crippen LogP contribution in [-0.4, -0.2) is 25.8 Å². The Balaban J connectivity index is 2.59. The standard InChI is InChI=1S/C8H12O3/c1-3-11-8(9)7-5-10-4-6(7)2/h3-5H2,1-2H3. The van der Waals surface area contributed by atoms with Crippen molar-refractivity contribution in [2.45, 2.75) is 13.8 Å². The third-order valence-electron chi connectivity index (χ3n) is 1.60. The fourth-order valence-corrected chi connectivity index (χ4v) is 0.968. The van der Waals surface area contributed by atoms with Gasteiger partial charge in [-0.25, -0.2) is 4.79 Å². The molecule has 0 bridgehead atoms. The number of hydrogen-bond acceptors (Lipinski definition) is 3. The highest BCUT2D eigenvalue weighted by atomic mass is 16.5. The lowest BCUT2D eigenvalue weighted by molar-refractivity contribution is -0.138. The number of esters is 1. The lowest BCUT2D eigenvalue weighted by atomic mass is 10.2. The van der Waals surface area contributed by atoms with E-state index in [-0.39, 0.29) is 5.97 Å². The Kier molecular flexibility index (Phi) is 2.65. The van der Waals surface area contributed by atoms with Crippen LogP contribution in [0.5, 0.6) is 0 Å². The maximum atomic E-state index is 11.1. The van der Waals surface area contributed by atoms with Crippen LogP contribution in [0.3, 0.4) is 0 Å². The molecule has 3 nitrogen and oxygen atoms in total. The summed E-state index contributed by atoms with van der Waals surface area (Å²) < 4.78 is 9.88. The third kappa shape index (κ3) is 1.80. The van der Waals surface area contributed by atoms with E-state index in [1.165, 1.54) is 0 Å². The van der Waals surface area contributed by atoms with E-state index in [0.717, 1.165) is 5.57 Å². The monoisotopic (exact) mass is 156 g/mol. The maximum Gasteiger partial charge on any atom is 0.336 e. The van der Waals surface area contributed by atoms with Crippen LogP contribution in [0.25, 0.3) is 0 Å². The van der Waals surface area contributed by atoms with Crippen LogP contribution in [0.4, 0.5) is 0 Å². The minimum absolute atomic E-state index is 0.234. The molecule has 0 amide bonds. The molecule has 1 aliphatic heterocycles. The topological polar surface area (TPSA) is 35.5 Å². The van der Waals surface area contributed by atoms with Gasteiger partial charge in [0, 0.05) is 0 Å². The van der Waals surface area contributed by atoms with E-state index in [9.17, 15) is 4.79 Å². The maximum absolute atomic E-state index is 11.1. The Morgan fingerprint density at radius 1 is 1.64 bits per heavy atom. The normalized spacial score (nSPS) is 17.3. The fourth-order valence-electron chi connectivity index (χ4n) is 0.968. The van der Waals surface area contributed by atoms with Crippen molar-refractivity contribution in [1.82, 2.24) is 0 Å². The Hall–Kier alpha value is -0.830. The van der Waals surface area contributed by atoms with Crippen LogP contribution in [0.2, 0.25) is 0 Å². The molecule has 0 saturated heterocycles. The van der Waals surface area contributed by atoms with E-state index >= 15 is 0 Å². The summed E-state index contributed by atoms with van der Waals surface area (Å²) >= 11 is 0. The van der Waals surface area contributed by atoms with Gasteiger partial charge in [-0.1, -0.05) is 0 Å². The van der Waals surface area contributed by atoms with E-state index < -0.39 is 0 Å². The minimum Gasteiger partial charge on any atom is -0.463 e. The van der Waals surface area contributed by atoms with Crippen LogP contribution < -0.4 is 0 Å². The average Bonchev–Trinajstić information content (AvgIpc) is 2.36. The van der Waals surface area contributed by atoms with Gasteiger partial charge in [0.2, 0.25) is 0 Å². The summed E-state index contributed by atoms with van der Waals surface area (Å²) in [5, 5.41) is 0. The second kappa shape index (κ2) is 3.53. The summed E-state index contributed by atoms with van der Waals surface area (Å²) in [7, 11) is 0. The smallest absolute Gasteiger partial charge is 0.336 e. The Morgan fingerprint density at radius 2 is 2.36 bits per heavy atom. The first kappa shape index (κ1) is 8.27. The highest BCUT2D eigenvalue weighted by Crippen LogP contribution is 2.14. The predicted molar refractivity (Wildman–Crippen MR) is 40.2 cm³/mol. The second-order valence-electron chi connectivity index (χ2n) is 2.47. The molecule has 11 heavy (non-hydrogen) atoms. The van der Waals surface area contributed by atoms with Crippen LogP contribution in [-0.2, 0) is 14.3 Å². The van der Waals surface area contributed by atoms with Crippen molar-refractivity contribution < 1.29 is 14.3 Å². The molecule has 0 unspecified atom stereocenters. The Labute approximate surface area is 66.0 Å². The highest BCUT2D eigenvalue weighted by Gasteiger charge is 2.19. The number of rotatable bonds is 2. The van der Waals surface area contributed by atoms with Gasteiger partial charge in [-0.3, -0.25) is 0 Å². The fraction of sp³-hybridized carbons (Fsp3) is 0.625. The van der Waals surface area contributed by atoms with Crippen molar-refractivity contribution in [1.29, 1.82) is 0 Å². The lowest BCUT2D eigenvalue weighted by Gasteiger charge is -2.00. The van der Waals surface area contributed by atoms with Crippen LogP contribution in [0.15, 0.2) is 11.1 Å². The summed E-state index contributed by atoms with van der Waals surface area (Å²) in [4.78, 5) is 11.1. The molecule has 1 heterocycles. The minimum atomic E-state index is -0.234. The van der Waals surface area contributed by atoms with Gasteiger partial charge < -0.3 is 9.47 Å². The molecule has 62 valence electrons. The number of hydrogen-bond donors (Lipinski definition) is 0. The van der Waals surface area contributed by atoms with Crippen LogP contribution in [0.1, 0.15) is 13.8 Å². The summed E-state index contributed by atoms with van der Waals surface area (Å²) in [5.41, 5.74) is 1.68. The van der Waals surface area contributed by atoms with Crippen LogP contribution >= 0.6 is 0 Å². The molecule has 0 spiro atoms. The van der Waals surface area contributed by atoms with Gasteiger partial charge in [-0.2, -0.15) is 0 Å². The number of carbonyl (C=O) groups excluding carboxylic acids is 1. The van der Waals surface area contributed by atoms with E-state index in [0.29, 0.717) is 25.4 Å². The molecule has 0 aliphatic carbocycles. The molecule has 0 aromatic rings. The quantitative estimate of drug-likeness (QED) is 0.557. The van der Waals surface area contributed by atoms with Gasteiger partial charge in [-0.15, -0.1) is 0 Å². The van der Waals surface area contributed by atoms with Crippen molar-refractivity contribution >= 4 is 5.97 Å². The van der Waals surface area contributed by atoms with Crippen molar-refractivity contribution in [2.24, 2.45) is 0 Å². The zero-order valence-corrected chi connectivity index (χ0v) is 6.85. The van der Waals surface area contributed by atoms with Gasteiger partial charge in [0.15, 0.2) is 0 Å². The van der Waals surface area contributed by atoms with E-state index in [2.05, 4.69) is 0 Å². The summed E-state index contributed by atoms with van der Waals surface area (Å²) in [5.74, 6) is -0.234. The molecule has 0 saturated carbocycles. The van der Waals surface area contributed by atoms with Gasteiger partial charge in [0.1, 0.15) is 0 Å². The molecule has 1 rings (SSSR count). The number of carbonyl (C=O) groups is 1. The van der Waals surface area contributed by atoms with Gasteiger partial charge in [0.25, 0.3) is 0 Å². The van der Waals surface area contributed by atoms with Gasteiger partial charge >= 0.3 is 5.97 Å². The first-order valence-corrected chi connectivity index (χ1v) is 3.69. The molecule has 0 aromatic carbocycles. The van der Waals surface area contributed by atoms with E-state index in [1.807, 2.05) is 6.92 Å². The molecular weight excluding hydrogens is 144 g/mol. The van der Waals surface area contributed by atoms with Gasteiger partial charge in [-0.05, 0) is 19.4 Å². The largest absolute Gasteiger partial charge is 0.463 e. The van der Waals surface area contributed by atoms with E-state index in [4.69, 9.17) is 9.47 Å². The number of ether oxygens (including phenoxy) is 2. The first-order chi connectivity index (χ1) is 5.25. The molecule has 0 radical (unpaired) electrons. The summed E-state index contributed by atoms with van der Waals surface area (Å²) in [6, 6.07) is 0. The molecule has 3 heteroatoms. The molecular formula is C8H12O3. The van der Waals surface area contributed by atoms with Crippen molar-refractivity contribution in [3.05, 3.63) is 11.1 Å². The lowest BCUT2D eigenvalue weighted by Crippen LogP contribution is -2.09. The highest BCUT2D eigenvalue weighted by molar-refractivity contribution is 5.90. The molecule has 0 fully saturated rings. The molecule has 0 atom stereocenters. The molecule has 1 aliphatic rings. The predicted octanol–water partition coefficient (Wildman–Crippen LogP) is 0.896. The van der Waals surface area contributed by atoms with Crippen LogP contribution in [0, 0.1) is 0 Å². The van der Waals surface area contributed by atoms with E-state index in [1.54, 1.807) is 6.92 Å². The Morgan fingerprint density at radius 3 is 2.82 bits per heavy atom. The molecule has 0 N–H and O–H groups in total. The van der Waals surface area contributed by atoms with Crippen molar-refractivity contribution in [3.63, 3.8) is 0 Å². The first-order valence-electron chi connectivity index (χ1n) is 3.69.